The summed E-state index contributed by atoms with van der Waals surface area (Å²) in [6, 6.07) is 12.5. The number of aliphatic imine (C=N–C) groups is 1. The second kappa shape index (κ2) is 9.32. The molecular weight excluding hydrogens is 442 g/mol. The summed E-state index contributed by atoms with van der Waals surface area (Å²) < 4.78 is 37.8. The van der Waals surface area contributed by atoms with Gasteiger partial charge in [0.05, 0.1) is 5.56 Å². The Bertz CT molecular complexity index is 805. The van der Waals surface area contributed by atoms with Gasteiger partial charge in [-0.3, -0.25) is 0 Å². The molecule has 0 heterocycles. The third-order valence-electron chi connectivity index (χ3n) is 3.04. The molecule has 7 heteroatoms. The fraction of sp³-hybridized carbons (Fsp3) is 0.167. The number of anilines is 1. The fourth-order valence-electron chi connectivity index (χ4n) is 1.95. The van der Waals surface area contributed by atoms with E-state index in [4.69, 9.17) is 5.73 Å². The fourth-order valence-corrected chi connectivity index (χ4v) is 1.95. The van der Waals surface area contributed by atoms with Crippen LogP contribution in [-0.2, 0) is 6.18 Å². The minimum atomic E-state index is -4.38. The van der Waals surface area contributed by atoms with E-state index >= 15 is 0 Å². The first kappa shape index (κ1) is 20.8. The zero-order valence-corrected chi connectivity index (χ0v) is 15.7. The molecule has 0 bridgehead atoms. The van der Waals surface area contributed by atoms with Crippen LogP contribution in [0.2, 0.25) is 0 Å². The summed E-state index contributed by atoms with van der Waals surface area (Å²) in [5.41, 5.74) is 7.19. The first-order valence-electron chi connectivity index (χ1n) is 7.14. The molecule has 0 aliphatic rings. The Hall–Kier alpha value is -2.21. The molecule has 0 radical (unpaired) electrons. The quantitative estimate of drug-likeness (QED) is 0.303. The molecule has 3 nitrogen and oxygen atoms in total. The number of alkyl halides is 3. The van der Waals surface area contributed by atoms with Crippen molar-refractivity contribution in [2.24, 2.45) is 10.7 Å². The number of hydrogen-bond acceptors (Lipinski definition) is 1. The van der Waals surface area contributed by atoms with Crippen LogP contribution < -0.4 is 11.1 Å². The van der Waals surface area contributed by atoms with Crippen molar-refractivity contribution in [1.29, 1.82) is 0 Å². The monoisotopic (exact) mass is 459 g/mol. The predicted molar refractivity (Wildman–Crippen MR) is 105 cm³/mol. The van der Waals surface area contributed by atoms with Crippen LogP contribution >= 0.6 is 24.0 Å². The summed E-state index contributed by atoms with van der Waals surface area (Å²) in [7, 11) is 0. The molecule has 0 aromatic heterocycles. The number of nitrogens with two attached hydrogens (primary N) is 1. The highest BCUT2D eigenvalue weighted by molar-refractivity contribution is 14.0. The van der Waals surface area contributed by atoms with Crippen molar-refractivity contribution in [3.63, 3.8) is 0 Å². The second-order valence-electron chi connectivity index (χ2n) is 5.08. The smallest absolute Gasteiger partial charge is 0.370 e. The van der Waals surface area contributed by atoms with E-state index in [9.17, 15) is 13.2 Å². The van der Waals surface area contributed by atoms with E-state index in [1.54, 1.807) is 0 Å². The van der Waals surface area contributed by atoms with E-state index in [0.717, 1.165) is 23.4 Å². The SMILES string of the molecule is Cc1cccc(NC(N)=NCC#Cc2cccc(C(F)(F)F)c2)c1.I. The van der Waals surface area contributed by atoms with Crippen molar-refractivity contribution in [3.8, 4) is 11.8 Å². The first-order valence-corrected chi connectivity index (χ1v) is 7.14. The van der Waals surface area contributed by atoms with Crippen molar-refractivity contribution >= 4 is 35.6 Å². The van der Waals surface area contributed by atoms with Gasteiger partial charge in [-0.05, 0) is 42.8 Å². The molecule has 0 unspecified atom stereocenters. The number of hydrogen-bond donors (Lipinski definition) is 2. The maximum absolute atomic E-state index is 12.6. The number of aryl methyl sites for hydroxylation is 1. The van der Waals surface area contributed by atoms with Gasteiger partial charge >= 0.3 is 6.18 Å². The van der Waals surface area contributed by atoms with Crippen molar-refractivity contribution in [1.82, 2.24) is 0 Å². The molecule has 2 aromatic rings. The molecular formula is C18H17F3IN3. The van der Waals surface area contributed by atoms with Gasteiger partial charge in [0.2, 0.25) is 0 Å². The molecule has 25 heavy (non-hydrogen) atoms. The van der Waals surface area contributed by atoms with E-state index in [0.29, 0.717) is 0 Å². The van der Waals surface area contributed by atoms with E-state index in [1.807, 2.05) is 31.2 Å². The minimum Gasteiger partial charge on any atom is -0.370 e. The molecule has 3 N–H and O–H groups in total. The van der Waals surface area contributed by atoms with Crippen molar-refractivity contribution < 1.29 is 13.2 Å². The van der Waals surface area contributed by atoms with Crippen molar-refractivity contribution in [2.75, 3.05) is 11.9 Å². The zero-order valence-electron chi connectivity index (χ0n) is 13.4. The number of halogens is 4. The maximum Gasteiger partial charge on any atom is 0.416 e. The number of rotatable bonds is 2. The highest BCUT2D eigenvalue weighted by Gasteiger charge is 2.30. The Balaban J connectivity index is 0.00000312. The molecule has 0 aliphatic heterocycles. The van der Waals surface area contributed by atoms with Gasteiger partial charge in [-0.25, -0.2) is 4.99 Å². The Labute approximate surface area is 161 Å². The zero-order chi connectivity index (χ0) is 17.6. The third kappa shape index (κ3) is 7.05. The Morgan fingerprint density at radius 1 is 1.16 bits per heavy atom. The largest absolute Gasteiger partial charge is 0.416 e. The topological polar surface area (TPSA) is 50.4 Å². The van der Waals surface area contributed by atoms with Crippen LogP contribution in [-0.4, -0.2) is 12.5 Å². The molecule has 2 aromatic carbocycles. The second-order valence-corrected chi connectivity index (χ2v) is 5.08. The predicted octanol–water partition coefficient (Wildman–Crippen LogP) is 4.41. The Morgan fingerprint density at radius 3 is 2.56 bits per heavy atom. The molecule has 0 saturated heterocycles. The lowest BCUT2D eigenvalue weighted by atomic mass is 10.1. The summed E-state index contributed by atoms with van der Waals surface area (Å²) in [5, 5.41) is 2.92. The van der Waals surface area contributed by atoms with Crippen LogP contribution in [0.5, 0.6) is 0 Å². The lowest BCUT2D eigenvalue weighted by molar-refractivity contribution is -0.137. The summed E-state index contributed by atoms with van der Waals surface area (Å²) in [5.74, 6) is 5.52. The van der Waals surface area contributed by atoms with Crippen LogP contribution in [0.3, 0.4) is 0 Å². The minimum absolute atomic E-state index is 0. The van der Waals surface area contributed by atoms with Gasteiger partial charge in [0, 0.05) is 11.3 Å². The van der Waals surface area contributed by atoms with Crippen LogP contribution in [0.25, 0.3) is 0 Å². The standard InChI is InChI=1S/C18H16F3N3.HI/c1-13-5-2-9-16(11-13)24-17(22)23-10-4-7-14-6-3-8-15(12-14)18(19,20)21;/h2-3,5-6,8-9,11-12H,10H2,1H3,(H3,22,23,24);1H. The van der Waals surface area contributed by atoms with Gasteiger partial charge < -0.3 is 11.1 Å². The van der Waals surface area contributed by atoms with Crippen LogP contribution in [0.15, 0.2) is 53.5 Å². The van der Waals surface area contributed by atoms with E-state index in [1.165, 1.54) is 12.1 Å². The number of benzene rings is 2. The van der Waals surface area contributed by atoms with Gasteiger partial charge in [0.15, 0.2) is 5.96 Å². The highest BCUT2D eigenvalue weighted by Crippen LogP contribution is 2.29. The van der Waals surface area contributed by atoms with Crippen LogP contribution in [0, 0.1) is 18.8 Å². The van der Waals surface area contributed by atoms with Crippen LogP contribution in [0.1, 0.15) is 16.7 Å². The van der Waals surface area contributed by atoms with Gasteiger partial charge in [-0.15, -0.1) is 24.0 Å². The molecule has 132 valence electrons. The number of nitrogens with zero attached hydrogens (tertiary/aromatic N) is 1. The molecule has 0 fully saturated rings. The van der Waals surface area contributed by atoms with Crippen molar-refractivity contribution in [3.05, 3.63) is 65.2 Å². The molecule has 0 aliphatic carbocycles. The van der Waals surface area contributed by atoms with Gasteiger partial charge in [0.1, 0.15) is 6.54 Å². The van der Waals surface area contributed by atoms with Gasteiger partial charge in [0.25, 0.3) is 0 Å². The molecule has 0 saturated carbocycles. The normalized spacial score (nSPS) is 11.1. The number of guanidine groups is 1. The Morgan fingerprint density at radius 2 is 1.88 bits per heavy atom. The first-order chi connectivity index (χ1) is 11.3. The maximum atomic E-state index is 12.6. The van der Waals surface area contributed by atoms with Gasteiger partial charge in [-0.1, -0.05) is 30.0 Å². The van der Waals surface area contributed by atoms with E-state index < -0.39 is 11.7 Å². The van der Waals surface area contributed by atoms with E-state index in [-0.39, 0.29) is 42.0 Å². The molecule has 0 amide bonds. The molecule has 0 atom stereocenters. The highest BCUT2D eigenvalue weighted by atomic mass is 127. The summed E-state index contributed by atoms with van der Waals surface area (Å²) in [6.07, 6.45) is -4.38. The average molecular weight is 459 g/mol. The van der Waals surface area contributed by atoms with Crippen molar-refractivity contribution in [2.45, 2.75) is 13.1 Å². The van der Waals surface area contributed by atoms with E-state index in [2.05, 4.69) is 22.2 Å². The molecule has 0 spiro atoms. The Kier molecular flexibility index (Phi) is 7.77. The summed E-state index contributed by atoms with van der Waals surface area (Å²) >= 11 is 0. The average Bonchev–Trinajstić information content (AvgIpc) is 2.51. The lowest BCUT2D eigenvalue weighted by Gasteiger charge is -2.06. The van der Waals surface area contributed by atoms with Gasteiger partial charge in [-0.2, -0.15) is 13.2 Å². The molecule has 2 rings (SSSR count). The van der Waals surface area contributed by atoms with Crippen LogP contribution in [0.4, 0.5) is 18.9 Å². The summed E-state index contributed by atoms with van der Waals surface area (Å²) in [6.45, 7) is 2.04. The summed E-state index contributed by atoms with van der Waals surface area (Å²) in [4.78, 5) is 4.02. The number of nitrogens with one attached hydrogen (secondary N) is 1. The third-order valence-corrected chi connectivity index (χ3v) is 3.04. The lowest BCUT2D eigenvalue weighted by Crippen LogP contribution is -2.22.